The van der Waals surface area contributed by atoms with E-state index in [1.807, 2.05) is 6.92 Å². The largest absolute Gasteiger partial charge is 0.493 e. The molecule has 3 aliphatic rings. The summed E-state index contributed by atoms with van der Waals surface area (Å²) in [7, 11) is 0. The molecule has 6 rings (SSSR count). The van der Waals surface area contributed by atoms with Crippen molar-refractivity contribution in [2.24, 2.45) is 17.8 Å². The van der Waals surface area contributed by atoms with Gasteiger partial charge in [0, 0.05) is 5.92 Å². The van der Waals surface area contributed by atoms with E-state index in [9.17, 15) is 14.3 Å². The number of ether oxygens (including phenoxy) is 2. The molecular weight excluding hydrogens is 515 g/mol. The maximum Gasteiger partial charge on any atom is 0.307 e. The molecule has 0 aliphatic heterocycles. The first-order chi connectivity index (χ1) is 19.7. The van der Waals surface area contributed by atoms with E-state index in [2.05, 4.69) is 69.3 Å². The maximum atomic E-state index is 14.5. The van der Waals surface area contributed by atoms with Crippen molar-refractivity contribution in [1.82, 2.24) is 0 Å². The number of rotatable bonds is 11. The van der Waals surface area contributed by atoms with Gasteiger partial charge in [0.25, 0.3) is 0 Å². The molecule has 41 heavy (non-hydrogen) atoms. The normalized spacial score (nSPS) is 25.7. The number of alkyl halides is 1. The Morgan fingerprint density at radius 3 is 2.49 bits per heavy atom. The molecular formula is C36H41FO4. The number of aliphatic carboxylic acids is 1. The lowest BCUT2D eigenvalue weighted by atomic mass is 9.70. The van der Waals surface area contributed by atoms with Crippen LogP contribution in [0.3, 0.4) is 0 Å². The second-order valence-corrected chi connectivity index (χ2v) is 12.7. The Bertz CT molecular complexity index is 1450. The van der Waals surface area contributed by atoms with Crippen molar-refractivity contribution in [3.63, 3.8) is 0 Å². The summed E-state index contributed by atoms with van der Waals surface area (Å²) >= 11 is 0. The van der Waals surface area contributed by atoms with E-state index in [4.69, 9.17) is 9.47 Å². The van der Waals surface area contributed by atoms with Gasteiger partial charge in [-0.3, -0.25) is 4.79 Å². The molecule has 0 heterocycles. The summed E-state index contributed by atoms with van der Waals surface area (Å²) in [5.41, 5.74) is 8.39. The number of halogens is 1. The third-order valence-corrected chi connectivity index (χ3v) is 9.58. The molecule has 3 aliphatic carbocycles. The number of carboxylic acids is 1. The van der Waals surface area contributed by atoms with Gasteiger partial charge in [0.15, 0.2) is 0 Å². The van der Waals surface area contributed by atoms with E-state index in [-0.39, 0.29) is 17.8 Å². The number of aryl methyl sites for hydroxylation is 3. The van der Waals surface area contributed by atoms with Gasteiger partial charge in [-0.25, -0.2) is 4.39 Å². The van der Waals surface area contributed by atoms with E-state index in [0.717, 1.165) is 58.6 Å². The lowest BCUT2D eigenvalue weighted by molar-refractivity contribution is -0.139. The molecule has 1 N–H and O–H groups in total. The predicted octanol–water partition coefficient (Wildman–Crippen LogP) is 8.38. The minimum atomic E-state index is -0.974. The van der Waals surface area contributed by atoms with E-state index in [1.54, 1.807) is 0 Å². The molecule has 0 saturated heterocycles. The molecule has 0 radical (unpaired) electrons. The Labute approximate surface area is 242 Å². The molecule has 216 valence electrons. The van der Waals surface area contributed by atoms with Crippen LogP contribution < -0.4 is 9.47 Å². The van der Waals surface area contributed by atoms with Gasteiger partial charge in [0.2, 0.25) is 0 Å². The lowest BCUT2D eigenvalue weighted by Gasteiger charge is -2.41. The summed E-state index contributed by atoms with van der Waals surface area (Å²) in [6.07, 6.45) is 4.46. The van der Waals surface area contributed by atoms with Crippen LogP contribution in [0.4, 0.5) is 4.39 Å². The molecule has 3 unspecified atom stereocenters. The first kappa shape index (κ1) is 27.8. The van der Waals surface area contributed by atoms with Crippen molar-refractivity contribution in [2.75, 3.05) is 6.61 Å². The van der Waals surface area contributed by atoms with Crippen LogP contribution in [0.15, 0.2) is 48.5 Å². The highest BCUT2D eigenvalue weighted by Gasteiger charge is 2.59. The standard InChI is InChI=1S/C36H41FO4/c1-5-10-36(37)17-24(18-36)20-40-28-11-21(3)32(22(4)12-28)26-9-7-8-23(13-26)19-41-31-16-27-15-30-33(34(30)35(38)39)29(27)14-25(31)6-2/h7-9,11-14,16,24,30,33-34H,5-6,10,15,17-20H2,1-4H3,(H,38,39). The smallest absolute Gasteiger partial charge is 0.307 e. The molecule has 3 atom stereocenters. The monoisotopic (exact) mass is 556 g/mol. The average Bonchev–Trinajstić information content (AvgIpc) is 3.52. The first-order valence-corrected chi connectivity index (χ1v) is 15.2. The summed E-state index contributed by atoms with van der Waals surface area (Å²) in [4.78, 5) is 11.5. The molecule has 4 nitrogen and oxygen atoms in total. The van der Waals surface area contributed by atoms with E-state index < -0.39 is 11.6 Å². The molecule has 0 spiro atoms. The predicted molar refractivity (Wildman–Crippen MR) is 160 cm³/mol. The summed E-state index contributed by atoms with van der Waals surface area (Å²) in [6, 6.07) is 17.0. The summed E-state index contributed by atoms with van der Waals surface area (Å²) in [5, 5.41) is 9.47. The molecule has 2 saturated carbocycles. The van der Waals surface area contributed by atoms with Gasteiger partial charge in [-0.1, -0.05) is 44.5 Å². The number of carboxylic acid groups (broad SMARTS) is 1. The number of benzene rings is 3. The molecule has 0 bridgehead atoms. The minimum absolute atomic E-state index is 0.181. The molecule has 3 aromatic rings. The van der Waals surface area contributed by atoms with Crippen LogP contribution in [0.25, 0.3) is 11.1 Å². The topological polar surface area (TPSA) is 55.8 Å². The van der Waals surface area contributed by atoms with E-state index >= 15 is 0 Å². The van der Waals surface area contributed by atoms with Gasteiger partial charge in [-0.2, -0.15) is 0 Å². The quantitative estimate of drug-likeness (QED) is 0.258. The van der Waals surface area contributed by atoms with Gasteiger partial charge < -0.3 is 14.6 Å². The lowest BCUT2D eigenvalue weighted by Crippen LogP contribution is -2.42. The van der Waals surface area contributed by atoms with Gasteiger partial charge in [-0.15, -0.1) is 0 Å². The number of hydrogen-bond donors (Lipinski definition) is 1. The van der Waals surface area contributed by atoms with Gasteiger partial charge >= 0.3 is 5.97 Å². The average molecular weight is 557 g/mol. The van der Waals surface area contributed by atoms with Crippen LogP contribution in [0.5, 0.6) is 11.5 Å². The SMILES string of the molecule is CCCC1(F)CC(COc2cc(C)c(-c3cccc(COc4cc5c(cc4CC)C4C(C5)C4C(=O)O)c3)c(C)c2)C1. The fourth-order valence-corrected chi connectivity index (χ4v) is 7.63. The zero-order valence-electron chi connectivity index (χ0n) is 24.6. The molecule has 0 amide bonds. The third kappa shape index (κ3) is 5.36. The Morgan fingerprint density at radius 1 is 1.05 bits per heavy atom. The highest BCUT2D eigenvalue weighted by Crippen LogP contribution is 2.62. The molecule has 2 fully saturated rings. The Hall–Kier alpha value is -3.34. The van der Waals surface area contributed by atoms with Gasteiger partial charge in [0.05, 0.1) is 12.5 Å². The fraction of sp³-hybridized carbons (Fsp3) is 0.472. The number of fused-ring (bicyclic) bond motifs is 3. The Kier molecular flexibility index (Phi) is 7.33. The van der Waals surface area contributed by atoms with Crippen molar-refractivity contribution in [3.8, 4) is 22.6 Å². The van der Waals surface area contributed by atoms with Crippen LogP contribution in [0, 0.1) is 31.6 Å². The van der Waals surface area contributed by atoms with Crippen LogP contribution in [0.1, 0.15) is 78.8 Å². The highest BCUT2D eigenvalue weighted by molar-refractivity contribution is 5.78. The third-order valence-electron chi connectivity index (χ3n) is 9.58. The van der Waals surface area contributed by atoms with Crippen molar-refractivity contribution in [1.29, 1.82) is 0 Å². The van der Waals surface area contributed by atoms with Crippen LogP contribution >= 0.6 is 0 Å². The number of carbonyl (C=O) groups is 1. The van der Waals surface area contributed by atoms with Crippen LogP contribution in [-0.4, -0.2) is 23.4 Å². The molecule has 0 aromatic heterocycles. The zero-order chi connectivity index (χ0) is 28.9. The van der Waals surface area contributed by atoms with E-state index in [1.165, 1.54) is 16.7 Å². The summed E-state index contributed by atoms with van der Waals surface area (Å²) < 4.78 is 27.0. The Morgan fingerprint density at radius 2 is 1.80 bits per heavy atom. The van der Waals surface area contributed by atoms with Crippen molar-refractivity contribution in [2.45, 2.75) is 84.4 Å². The van der Waals surface area contributed by atoms with Gasteiger partial charge in [0.1, 0.15) is 23.8 Å². The van der Waals surface area contributed by atoms with Gasteiger partial charge in [-0.05, 0) is 127 Å². The second-order valence-electron chi connectivity index (χ2n) is 12.7. The molecule has 5 heteroatoms. The summed E-state index contributed by atoms with van der Waals surface area (Å²) in [6.45, 7) is 9.44. The minimum Gasteiger partial charge on any atom is -0.493 e. The van der Waals surface area contributed by atoms with Crippen LogP contribution in [-0.2, 0) is 24.2 Å². The van der Waals surface area contributed by atoms with Crippen molar-refractivity contribution < 1.29 is 23.8 Å². The maximum absolute atomic E-state index is 14.5. The number of hydrogen-bond acceptors (Lipinski definition) is 3. The summed E-state index contributed by atoms with van der Waals surface area (Å²) in [5.74, 6) is 1.62. The van der Waals surface area contributed by atoms with Crippen molar-refractivity contribution >= 4 is 5.97 Å². The molecule has 3 aromatic carbocycles. The Balaban J connectivity index is 1.12. The van der Waals surface area contributed by atoms with Crippen LogP contribution in [0.2, 0.25) is 0 Å². The van der Waals surface area contributed by atoms with E-state index in [0.29, 0.717) is 38.4 Å². The second kappa shape index (κ2) is 10.8. The highest BCUT2D eigenvalue weighted by atomic mass is 19.1. The fourth-order valence-electron chi connectivity index (χ4n) is 7.63. The zero-order valence-corrected chi connectivity index (χ0v) is 24.6. The van der Waals surface area contributed by atoms with Crippen molar-refractivity contribution in [3.05, 3.63) is 81.9 Å². The first-order valence-electron chi connectivity index (χ1n) is 15.2.